The normalized spacial score (nSPS) is 10.4. The molecule has 1 aromatic heterocycles. The van der Waals surface area contributed by atoms with Gasteiger partial charge in [0.05, 0.1) is 12.4 Å². The van der Waals surface area contributed by atoms with E-state index >= 15 is 0 Å². The van der Waals surface area contributed by atoms with Crippen LogP contribution in [-0.2, 0) is 11.3 Å². The van der Waals surface area contributed by atoms with Crippen molar-refractivity contribution in [2.45, 2.75) is 39.3 Å². The van der Waals surface area contributed by atoms with E-state index in [1.807, 2.05) is 24.6 Å². The van der Waals surface area contributed by atoms with Gasteiger partial charge < -0.3 is 14.6 Å². The summed E-state index contributed by atoms with van der Waals surface area (Å²) in [5.41, 5.74) is 0. The molecule has 1 heterocycles. The summed E-state index contributed by atoms with van der Waals surface area (Å²) in [4.78, 5) is 15.1. The smallest absolute Gasteiger partial charge is 0.407 e. The molecule has 16 heavy (non-hydrogen) atoms. The second kappa shape index (κ2) is 6.87. The first-order chi connectivity index (χ1) is 7.68. The number of ether oxygens (including phenoxy) is 1. The molecule has 0 unspecified atom stereocenters. The van der Waals surface area contributed by atoms with Gasteiger partial charge in [-0.15, -0.1) is 0 Å². The monoisotopic (exact) mass is 225 g/mol. The first-order valence-electron chi connectivity index (χ1n) is 5.58. The summed E-state index contributed by atoms with van der Waals surface area (Å²) in [6, 6.07) is 0. The van der Waals surface area contributed by atoms with E-state index in [1.165, 1.54) is 0 Å². The van der Waals surface area contributed by atoms with E-state index < -0.39 is 0 Å². The van der Waals surface area contributed by atoms with Crippen molar-refractivity contribution in [2.75, 3.05) is 6.54 Å². The van der Waals surface area contributed by atoms with Gasteiger partial charge in [-0.25, -0.2) is 9.78 Å². The average Bonchev–Trinajstić information content (AvgIpc) is 2.68. The molecule has 0 aliphatic carbocycles. The van der Waals surface area contributed by atoms with Crippen molar-refractivity contribution in [3.63, 3.8) is 0 Å². The van der Waals surface area contributed by atoms with Gasteiger partial charge in [-0.1, -0.05) is 0 Å². The van der Waals surface area contributed by atoms with Gasteiger partial charge in [0.25, 0.3) is 0 Å². The predicted octanol–water partition coefficient (Wildman–Crippen LogP) is 1.80. The minimum absolute atomic E-state index is 0.0639. The molecule has 0 saturated heterocycles. The molecule has 0 aromatic carbocycles. The van der Waals surface area contributed by atoms with Gasteiger partial charge in [0.1, 0.15) is 0 Å². The molecule has 0 saturated carbocycles. The third-order valence-corrected chi connectivity index (χ3v) is 2.01. The maximum Gasteiger partial charge on any atom is 0.407 e. The van der Waals surface area contributed by atoms with Crippen molar-refractivity contribution in [1.82, 2.24) is 14.9 Å². The number of aryl methyl sites for hydroxylation is 1. The summed E-state index contributed by atoms with van der Waals surface area (Å²) >= 11 is 0. The Morgan fingerprint density at radius 2 is 2.31 bits per heavy atom. The highest BCUT2D eigenvalue weighted by molar-refractivity contribution is 5.67. The average molecular weight is 225 g/mol. The van der Waals surface area contributed by atoms with Crippen LogP contribution in [0.25, 0.3) is 0 Å². The molecule has 1 rings (SSSR count). The highest BCUT2D eigenvalue weighted by Crippen LogP contribution is 1.94. The zero-order valence-electron chi connectivity index (χ0n) is 9.85. The zero-order chi connectivity index (χ0) is 11.8. The summed E-state index contributed by atoms with van der Waals surface area (Å²) in [6.07, 6.45) is 7.03. The number of amides is 1. The Morgan fingerprint density at radius 1 is 1.50 bits per heavy atom. The molecule has 0 aliphatic rings. The highest BCUT2D eigenvalue weighted by Gasteiger charge is 2.02. The van der Waals surface area contributed by atoms with Crippen molar-refractivity contribution in [3.05, 3.63) is 18.7 Å². The number of rotatable bonds is 6. The van der Waals surface area contributed by atoms with Crippen LogP contribution in [0.5, 0.6) is 0 Å². The third kappa shape index (κ3) is 5.38. The number of carbonyl (C=O) groups excluding carboxylic acids is 1. The van der Waals surface area contributed by atoms with E-state index in [9.17, 15) is 4.79 Å². The van der Waals surface area contributed by atoms with Crippen LogP contribution >= 0.6 is 0 Å². The number of unbranched alkanes of at least 4 members (excludes halogenated alkanes) is 1. The number of aromatic nitrogens is 2. The first-order valence-corrected chi connectivity index (χ1v) is 5.58. The number of carbonyl (C=O) groups is 1. The lowest BCUT2D eigenvalue weighted by atomic mass is 10.3. The molecule has 1 aromatic rings. The van der Waals surface area contributed by atoms with E-state index in [-0.39, 0.29) is 12.2 Å². The number of nitrogens with one attached hydrogen (secondary N) is 1. The minimum Gasteiger partial charge on any atom is -0.447 e. The van der Waals surface area contributed by atoms with Crippen LogP contribution < -0.4 is 5.32 Å². The van der Waals surface area contributed by atoms with Gasteiger partial charge in [0.2, 0.25) is 0 Å². The van der Waals surface area contributed by atoms with Crippen LogP contribution in [0.2, 0.25) is 0 Å². The van der Waals surface area contributed by atoms with E-state index in [1.54, 1.807) is 12.5 Å². The molecule has 1 N–H and O–H groups in total. The maximum absolute atomic E-state index is 11.1. The molecule has 0 bridgehead atoms. The second-order valence-corrected chi connectivity index (χ2v) is 3.89. The van der Waals surface area contributed by atoms with Gasteiger partial charge in [0, 0.05) is 25.5 Å². The molecule has 0 aliphatic heterocycles. The lowest BCUT2D eigenvalue weighted by Gasteiger charge is -2.09. The quantitative estimate of drug-likeness (QED) is 0.751. The molecule has 90 valence electrons. The molecule has 5 nitrogen and oxygen atoms in total. The maximum atomic E-state index is 11.1. The van der Waals surface area contributed by atoms with E-state index in [4.69, 9.17) is 4.74 Å². The fraction of sp³-hybridized carbons (Fsp3) is 0.636. The Labute approximate surface area is 95.8 Å². The number of hydrogen-bond donors (Lipinski definition) is 1. The molecular formula is C11H19N3O2. The predicted molar refractivity (Wildman–Crippen MR) is 61.1 cm³/mol. The van der Waals surface area contributed by atoms with Crippen molar-refractivity contribution in [1.29, 1.82) is 0 Å². The summed E-state index contributed by atoms with van der Waals surface area (Å²) in [7, 11) is 0. The summed E-state index contributed by atoms with van der Waals surface area (Å²) in [6.45, 7) is 5.25. The molecular weight excluding hydrogens is 206 g/mol. The molecule has 0 radical (unpaired) electrons. The van der Waals surface area contributed by atoms with Crippen LogP contribution in [-0.4, -0.2) is 28.3 Å². The summed E-state index contributed by atoms with van der Waals surface area (Å²) in [5.74, 6) is 0. The van der Waals surface area contributed by atoms with Crippen LogP contribution in [0, 0.1) is 0 Å². The van der Waals surface area contributed by atoms with Gasteiger partial charge in [0.15, 0.2) is 0 Å². The van der Waals surface area contributed by atoms with Gasteiger partial charge in [-0.3, -0.25) is 0 Å². The Bertz CT molecular complexity index is 296. The SMILES string of the molecule is CC(C)OC(=O)NCCCCn1ccnc1. The molecule has 0 spiro atoms. The van der Waals surface area contributed by atoms with E-state index in [0.717, 1.165) is 19.4 Å². The van der Waals surface area contributed by atoms with E-state index in [0.29, 0.717) is 6.54 Å². The Balaban J connectivity index is 1.98. The zero-order valence-corrected chi connectivity index (χ0v) is 9.85. The Hall–Kier alpha value is -1.52. The first kappa shape index (κ1) is 12.5. The van der Waals surface area contributed by atoms with Crippen molar-refractivity contribution >= 4 is 6.09 Å². The van der Waals surface area contributed by atoms with Crippen molar-refractivity contribution < 1.29 is 9.53 Å². The topological polar surface area (TPSA) is 56.1 Å². The lowest BCUT2D eigenvalue weighted by Crippen LogP contribution is -2.27. The number of imidazole rings is 1. The lowest BCUT2D eigenvalue weighted by molar-refractivity contribution is 0.115. The van der Waals surface area contributed by atoms with Crippen molar-refractivity contribution in [2.24, 2.45) is 0 Å². The fourth-order valence-corrected chi connectivity index (χ4v) is 1.28. The summed E-state index contributed by atoms with van der Waals surface area (Å²) < 4.78 is 6.96. The number of nitrogens with zero attached hydrogens (tertiary/aromatic N) is 2. The van der Waals surface area contributed by atoms with Gasteiger partial charge in [-0.2, -0.15) is 0 Å². The summed E-state index contributed by atoms with van der Waals surface area (Å²) in [5, 5.41) is 2.71. The van der Waals surface area contributed by atoms with E-state index in [2.05, 4.69) is 10.3 Å². The third-order valence-electron chi connectivity index (χ3n) is 2.01. The Morgan fingerprint density at radius 3 is 2.94 bits per heavy atom. The van der Waals surface area contributed by atoms with Gasteiger partial charge >= 0.3 is 6.09 Å². The minimum atomic E-state index is -0.336. The second-order valence-electron chi connectivity index (χ2n) is 3.89. The van der Waals surface area contributed by atoms with Crippen molar-refractivity contribution in [3.8, 4) is 0 Å². The van der Waals surface area contributed by atoms with Crippen LogP contribution in [0.1, 0.15) is 26.7 Å². The molecule has 5 heteroatoms. The van der Waals surface area contributed by atoms with Crippen LogP contribution in [0.15, 0.2) is 18.7 Å². The Kier molecular flexibility index (Phi) is 5.39. The van der Waals surface area contributed by atoms with Gasteiger partial charge in [-0.05, 0) is 26.7 Å². The van der Waals surface area contributed by atoms with Crippen LogP contribution in [0.3, 0.4) is 0 Å². The molecule has 1 amide bonds. The molecule has 0 atom stereocenters. The number of hydrogen-bond acceptors (Lipinski definition) is 3. The highest BCUT2D eigenvalue weighted by atomic mass is 16.6. The largest absolute Gasteiger partial charge is 0.447 e. The van der Waals surface area contributed by atoms with Crippen LogP contribution in [0.4, 0.5) is 4.79 Å². The standard InChI is InChI=1S/C11H19N3O2/c1-10(2)16-11(15)13-5-3-4-7-14-8-6-12-9-14/h6,8-10H,3-5,7H2,1-2H3,(H,13,15). The number of alkyl carbamates (subject to hydrolysis) is 1. The fourth-order valence-electron chi connectivity index (χ4n) is 1.28. The molecule has 0 fully saturated rings.